The van der Waals surface area contributed by atoms with Crippen molar-refractivity contribution in [1.29, 1.82) is 5.26 Å². The number of nitrogens with zero attached hydrogens (tertiary/aromatic N) is 2. The van der Waals surface area contributed by atoms with Crippen molar-refractivity contribution in [2.75, 3.05) is 13.7 Å². The molecular formula is C17H20N2O7. The summed E-state index contributed by atoms with van der Waals surface area (Å²) in [5, 5.41) is 29.8. The number of nitro benzene ring substituents is 1. The molecule has 0 spiro atoms. The third-order valence-corrected chi connectivity index (χ3v) is 3.97. The van der Waals surface area contributed by atoms with Crippen LogP contribution in [0, 0.1) is 21.4 Å². The Balaban J connectivity index is 3.29. The molecule has 0 fully saturated rings. The number of aliphatic carboxylic acids is 1. The van der Waals surface area contributed by atoms with E-state index in [0.717, 1.165) is 0 Å². The van der Waals surface area contributed by atoms with Crippen LogP contribution in [-0.2, 0) is 19.7 Å². The van der Waals surface area contributed by atoms with Crippen LogP contribution in [0.4, 0.5) is 5.69 Å². The highest BCUT2D eigenvalue weighted by molar-refractivity contribution is 5.70. The fourth-order valence-corrected chi connectivity index (χ4v) is 2.59. The Morgan fingerprint density at radius 1 is 1.35 bits per heavy atom. The molecular weight excluding hydrogens is 344 g/mol. The molecule has 0 amide bonds. The molecule has 0 saturated carbocycles. The second kappa shape index (κ2) is 9.36. The van der Waals surface area contributed by atoms with Crippen LogP contribution in [0.3, 0.4) is 0 Å². The highest BCUT2D eigenvalue weighted by Gasteiger charge is 2.35. The fourth-order valence-electron chi connectivity index (χ4n) is 2.59. The van der Waals surface area contributed by atoms with Crippen LogP contribution in [-0.4, -0.2) is 35.7 Å². The van der Waals surface area contributed by atoms with E-state index < -0.39 is 22.3 Å². The summed E-state index contributed by atoms with van der Waals surface area (Å²) in [6.45, 7) is 1.85. The van der Waals surface area contributed by atoms with E-state index in [1.165, 1.54) is 25.3 Å². The molecule has 140 valence electrons. The second-order valence-corrected chi connectivity index (χ2v) is 5.54. The van der Waals surface area contributed by atoms with E-state index >= 15 is 0 Å². The second-order valence-electron chi connectivity index (χ2n) is 5.54. The number of carbonyl (C=O) groups is 2. The minimum Gasteiger partial charge on any atom is -0.490 e. The number of methoxy groups -OCH3 is 1. The van der Waals surface area contributed by atoms with Gasteiger partial charge in [-0.2, -0.15) is 5.26 Å². The van der Waals surface area contributed by atoms with Gasteiger partial charge in [0.15, 0.2) is 5.75 Å². The Labute approximate surface area is 150 Å². The van der Waals surface area contributed by atoms with Crippen LogP contribution in [0.25, 0.3) is 0 Å². The zero-order chi connectivity index (χ0) is 19.7. The number of rotatable bonds is 10. The maximum Gasteiger partial charge on any atom is 0.310 e. The summed E-state index contributed by atoms with van der Waals surface area (Å²) in [5.41, 5.74) is -1.23. The number of carboxylic acid groups (broad SMARTS) is 1. The zero-order valence-electron chi connectivity index (χ0n) is 14.6. The van der Waals surface area contributed by atoms with Gasteiger partial charge in [0.2, 0.25) is 0 Å². The van der Waals surface area contributed by atoms with Crippen LogP contribution in [0.1, 0.15) is 38.2 Å². The van der Waals surface area contributed by atoms with Crippen molar-refractivity contribution >= 4 is 17.6 Å². The molecule has 1 atom stereocenters. The van der Waals surface area contributed by atoms with E-state index in [2.05, 4.69) is 6.07 Å². The SMILES string of the molecule is CCOC(=O)CCC(C#N)(CCC(=O)O)c1ccc([N+](=O)[O-])c(OC)c1. The summed E-state index contributed by atoms with van der Waals surface area (Å²) in [6.07, 6.45) is -0.411. The van der Waals surface area contributed by atoms with Crippen LogP contribution >= 0.6 is 0 Å². The molecule has 0 radical (unpaired) electrons. The minimum atomic E-state index is -1.31. The lowest BCUT2D eigenvalue weighted by Gasteiger charge is -2.26. The van der Waals surface area contributed by atoms with Gasteiger partial charge in [-0.15, -0.1) is 0 Å². The Hall–Kier alpha value is -3.15. The summed E-state index contributed by atoms with van der Waals surface area (Å²) in [6, 6.07) is 6.02. The Morgan fingerprint density at radius 2 is 2.00 bits per heavy atom. The monoisotopic (exact) mass is 364 g/mol. The lowest BCUT2D eigenvalue weighted by molar-refractivity contribution is -0.385. The molecule has 1 N–H and O–H groups in total. The lowest BCUT2D eigenvalue weighted by atomic mass is 9.74. The standard InChI is InChI=1S/C17H20N2O7/c1-3-26-16(22)7-9-17(11-18,8-6-15(20)21)12-4-5-13(19(23)24)14(10-12)25-2/h4-5,10H,3,6-9H2,1-2H3,(H,20,21). The summed E-state index contributed by atoms with van der Waals surface area (Å²) >= 11 is 0. The third kappa shape index (κ3) is 5.17. The van der Waals surface area contributed by atoms with Crippen molar-refractivity contribution < 1.29 is 29.1 Å². The van der Waals surface area contributed by atoms with Gasteiger partial charge in [-0.3, -0.25) is 19.7 Å². The first-order chi connectivity index (χ1) is 12.3. The average Bonchev–Trinajstić information content (AvgIpc) is 2.61. The maximum atomic E-state index is 11.7. The Kier molecular flexibility index (Phi) is 7.52. The predicted molar refractivity (Wildman–Crippen MR) is 89.7 cm³/mol. The first-order valence-corrected chi connectivity index (χ1v) is 7.91. The van der Waals surface area contributed by atoms with Crippen LogP contribution in [0.2, 0.25) is 0 Å². The summed E-state index contributed by atoms with van der Waals surface area (Å²) in [5.74, 6) is -1.63. The van der Waals surface area contributed by atoms with E-state index in [1.54, 1.807) is 6.92 Å². The molecule has 1 unspecified atom stereocenters. The smallest absolute Gasteiger partial charge is 0.310 e. The molecule has 26 heavy (non-hydrogen) atoms. The molecule has 0 heterocycles. The van der Waals surface area contributed by atoms with Crippen molar-refractivity contribution in [2.45, 2.75) is 38.0 Å². The zero-order valence-corrected chi connectivity index (χ0v) is 14.6. The molecule has 0 aliphatic carbocycles. The van der Waals surface area contributed by atoms with Crippen LogP contribution in [0.5, 0.6) is 5.75 Å². The lowest BCUT2D eigenvalue weighted by Crippen LogP contribution is -2.27. The number of hydrogen-bond acceptors (Lipinski definition) is 7. The van der Waals surface area contributed by atoms with Gasteiger partial charge < -0.3 is 14.6 Å². The average molecular weight is 364 g/mol. The van der Waals surface area contributed by atoms with E-state index in [9.17, 15) is 25.0 Å². The van der Waals surface area contributed by atoms with Gasteiger partial charge in [-0.05, 0) is 31.4 Å². The molecule has 0 aromatic heterocycles. The number of hydrogen-bond donors (Lipinski definition) is 1. The van der Waals surface area contributed by atoms with Crippen molar-refractivity contribution in [3.05, 3.63) is 33.9 Å². The largest absolute Gasteiger partial charge is 0.490 e. The number of nitro groups is 1. The Morgan fingerprint density at radius 3 is 2.50 bits per heavy atom. The normalized spacial score (nSPS) is 12.5. The first kappa shape index (κ1) is 20.9. The van der Waals surface area contributed by atoms with Crippen molar-refractivity contribution in [1.82, 2.24) is 0 Å². The highest BCUT2D eigenvalue weighted by Crippen LogP contribution is 2.38. The van der Waals surface area contributed by atoms with Gasteiger partial charge in [0.1, 0.15) is 0 Å². The molecule has 9 heteroatoms. The van der Waals surface area contributed by atoms with Gasteiger partial charge in [-0.25, -0.2) is 0 Å². The maximum absolute atomic E-state index is 11.7. The Bertz CT molecular complexity index is 726. The third-order valence-electron chi connectivity index (χ3n) is 3.97. The van der Waals surface area contributed by atoms with Gasteiger partial charge in [0.25, 0.3) is 0 Å². The summed E-state index contributed by atoms with van der Waals surface area (Å²) < 4.78 is 9.88. The quantitative estimate of drug-likeness (QED) is 0.379. The van der Waals surface area contributed by atoms with Gasteiger partial charge in [0.05, 0.1) is 30.1 Å². The first-order valence-electron chi connectivity index (χ1n) is 7.91. The molecule has 0 aliphatic heterocycles. The van der Waals surface area contributed by atoms with Gasteiger partial charge in [0, 0.05) is 18.9 Å². The van der Waals surface area contributed by atoms with Crippen molar-refractivity contribution in [2.24, 2.45) is 0 Å². The van der Waals surface area contributed by atoms with E-state index in [1.807, 2.05) is 0 Å². The summed E-state index contributed by atoms with van der Waals surface area (Å²) in [4.78, 5) is 33.1. The number of benzene rings is 1. The van der Waals surface area contributed by atoms with Crippen LogP contribution in [0.15, 0.2) is 18.2 Å². The van der Waals surface area contributed by atoms with E-state index in [4.69, 9.17) is 14.6 Å². The van der Waals surface area contributed by atoms with Gasteiger partial charge in [-0.1, -0.05) is 6.07 Å². The molecule has 0 saturated heterocycles. The minimum absolute atomic E-state index is 0.0244. The highest BCUT2D eigenvalue weighted by atomic mass is 16.6. The molecule has 9 nitrogen and oxygen atoms in total. The topological polar surface area (TPSA) is 140 Å². The van der Waals surface area contributed by atoms with Crippen molar-refractivity contribution in [3.8, 4) is 11.8 Å². The van der Waals surface area contributed by atoms with Crippen LogP contribution < -0.4 is 4.74 Å². The number of carbonyl (C=O) groups excluding carboxylic acids is 1. The van der Waals surface area contributed by atoms with E-state index in [0.29, 0.717) is 5.56 Å². The molecule has 1 aromatic carbocycles. The number of ether oxygens (including phenoxy) is 2. The van der Waals surface area contributed by atoms with E-state index in [-0.39, 0.29) is 43.7 Å². The summed E-state index contributed by atoms with van der Waals surface area (Å²) in [7, 11) is 1.26. The number of nitriles is 1. The molecule has 0 aliphatic rings. The predicted octanol–water partition coefficient (Wildman–Crippen LogP) is 2.57. The number of esters is 1. The molecule has 1 aromatic rings. The molecule has 1 rings (SSSR count). The molecule has 0 bridgehead atoms. The fraction of sp³-hybridized carbons (Fsp3) is 0.471. The number of carboxylic acids is 1. The van der Waals surface area contributed by atoms with Crippen molar-refractivity contribution in [3.63, 3.8) is 0 Å². The van der Waals surface area contributed by atoms with Gasteiger partial charge >= 0.3 is 17.6 Å².